The lowest BCUT2D eigenvalue weighted by Crippen LogP contribution is -2.31. The molecule has 0 aromatic heterocycles. The van der Waals surface area contributed by atoms with Crippen LogP contribution in [0.3, 0.4) is 0 Å². The molecule has 0 unspecified atom stereocenters. The number of methoxy groups -OCH3 is 1. The number of hydrogen-bond acceptors (Lipinski definition) is 5. The number of thioether (sulfide) groups is 1. The molecule has 5 nitrogen and oxygen atoms in total. The Kier molecular flexibility index (Phi) is 5.11. The van der Waals surface area contributed by atoms with Crippen molar-refractivity contribution in [1.82, 2.24) is 5.32 Å². The zero-order chi connectivity index (χ0) is 12.8. The summed E-state index contributed by atoms with van der Waals surface area (Å²) in [6.45, 7) is 0. The van der Waals surface area contributed by atoms with Gasteiger partial charge >= 0.3 is 6.09 Å². The first-order valence-corrected chi connectivity index (χ1v) is 5.95. The predicted octanol–water partition coefficient (Wildman–Crippen LogP) is 1.90. The van der Waals surface area contributed by atoms with Crippen molar-refractivity contribution in [3.05, 3.63) is 23.2 Å². The smallest absolute Gasteiger partial charge is 0.413 e. The number of benzene rings is 1. The molecule has 0 saturated heterocycles. The summed E-state index contributed by atoms with van der Waals surface area (Å²) in [7, 11) is 1.18. The summed E-state index contributed by atoms with van der Waals surface area (Å²) in [6, 6.07) is 5.08. The topological polar surface area (TPSA) is 81.4 Å². The lowest BCUT2D eigenvalue weighted by atomic mass is 10.3. The van der Waals surface area contributed by atoms with Crippen molar-refractivity contribution < 1.29 is 14.3 Å². The van der Waals surface area contributed by atoms with E-state index in [0.29, 0.717) is 15.6 Å². The van der Waals surface area contributed by atoms with Gasteiger partial charge in [-0.05, 0) is 12.1 Å². The minimum absolute atomic E-state index is 0.0308. The average Bonchev–Trinajstić information content (AvgIpc) is 2.28. The fourth-order valence-corrected chi connectivity index (χ4v) is 2.15. The van der Waals surface area contributed by atoms with Gasteiger partial charge in [-0.3, -0.25) is 10.1 Å². The maximum atomic E-state index is 11.3. The van der Waals surface area contributed by atoms with Crippen molar-refractivity contribution in [1.29, 1.82) is 0 Å². The highest BCUT2D eigenvalue weighted by atomic mass is 35.5. The second-order valence-electron chi connectivity index (χ2n) is 2.99. The van der Waals surface area contributed by atoms with E-state index in [9.17, 15) is 9.59 Å². The number of anilines is 1. The highest BCUT2D eigenvalue weighted by Crippen LogP contribution is 2.32. The number of nitrogen functional groups attached to an aromatic ring is 1. The van der Waals surface area contributed by atoms with Crippen molar-refractivity contribution in [2.24, 2.45) is 0 Å². The zero-order valence-corrected chi connectivity index (χ0v) is 10.6. The summed E-state index contributed by atoms with van der Waals surface area (Å²) >= 11 is 7.08. The second kappa shape index (κ2) is 6.36. The van der Waals surface area contributed by atoms with Gasteiger partial charge in [0.05, 0.1) is 17.9 Å². The number of amides is 2. The minimum Gasteiger partial charge on any atom is -0.453 e. The predicted molar refractivity (Wildman–Crippen MR) is 67.1 cm³/mol. The van der Waals surface area contributed by atoms with Crippen LogP contribution >= 0.6 is 23.4 Å². The van der Waals surface area contributed by atoms with E-state index in [0.717, 1.165) is 11.8 Å². The number of carbonyl (C=O) groups excluding carboxylic acids is 2. The largest absolute Gasteiger partial charge is 0.453 e. The molecule has 0 heterocycles. The van der Waals surface area contributed by atoms with Crippen molar-refractivity contribution >= 4 is 41.1 Å². The monoisotopic (exact) mass is 274 g/mol. The molecule has 17 heavy (non-hydrogen) atoms. The van der Waals surface area contributed by atoms with Gasteiger partial charge in [-0.25, -0.2) is 4.79 Å². The number of imide groups is 1. The maximum Gasteiger partial charge on any atom is 0.413 e. The van der Waals surface area contributed by atoms with E-state index in [1.807, 2.05) is 5.32 Å². The SMILES string of the molecule is COC(=O)NC(=O)CSc1c(N)cccc1Cl. The van der Waals surface area contributed by atoms with Crippen molar-refractivity contribution in [2.45, 2.75) is 4.90 Å². The van der Waals surface area contributed by atoms with E-state index >= 15 is 0 Å². The number of nitrogens with two attached hydrogens (primary N) is 1. The molecule has 3 N–H and O–H groups in total. The van der Waals surface area contributed by atoms with E-state index in [2.05, 4.69) is 4.74 Å². The molecule has 0 saturated carbocycles. The van der Waals surface area contributed by atoms with Crippen molar-refractivity contribution in [2.75, 3.05) is 18.6 Å². The number of nitrogens with one attached hydrogen (secondary N) is 1. The van der Waals surface area contributed by atoms with Gasteiger partial charge in [0.15, 0.2) is 0 Å². The molecule has 0 spiro atoms. The van der Waals surface area contributed by atoms with Gasteiger partial charge in [-0.1, -0.05) is 17.7 Å². The molecule has 0 radical (unpaired) electrons. The molecule has 0 aliphatic rings. The third-order valence-electron chi connectivity index (χ3n) is 1.77. The van der Waals surface area contributed by atoms with E-state index in [-0.39, 0.29) is 5.75 Å². The van der Waals surface area contributed by atoms with Gasteiger partial charge in [0.1, 0.15) is 0 Å². The molecule has 0 bridgehead atoms. The quantitative estimate of drug-likeness (QED) is 0.650. The van der Waals surface area contributed by atoms with Crippen LogP contribution in [0.2, 0.25) is 5.02 Å². The molecule has 1 rings (SSSR count). The fourth-order valence-electron chi connectivity index (χ4n) is 1.02. The zero-order valence-electron chi connectivity index (χ0n) is 9.03. The number of hydrogen-bond donors (Lipinski definition) is 2. The van der Waals surface area contributed by atoms with Gasteiger partial charge in [-0.15, -0.1) is 11.8 Å². The molecular formula is C10H11ClN2O3S. The molecule has 0 aliphatic carbocycles. The highest BCUT2D eigenvalue weighted by molar-refractivity contribution is 8.00. The summed E-state index contributed by atoms with van der Waals surface area (Å²) in [4.78, 5) is 22.7. The van der Waals surface area contributed by atoms with Crippen LogP contribution in [0.4, 0.5) is 10.5 Å². The van der Waals surface area contributed by atoms with E-state index in [1.165, 1.54) is 7.11 Å². The first-order chi connectivity index (χ1) is 8.04. The van der Waals surface area contributed by atoms with Crippen LogP contribution in [-0.4, -0.2) is 24.9 Å². The Morgan fingerprint density at radius 1 is 1.53 bits per heavy atom. The Hall–Kier alpha value is -1.40. The van der Waals surface area contributed by atoms with E-state index in [4.69, 9.17) is 17.3 Å². The maximum absolute atomic E-state index is 11.3. The molecule has 92 valence electrons. The summed E-state index contributed by atoms with van der Waals surface area (Å²) < 4.78 is 4.29. The molecule has 7 heteroatoms. The fraction of sp³-hybridized carbons (Fsp3) is 0.200. The second-order valence-corrected chi connectivity index (χ2v) is 4.38. The van der Waals surface area contributed by atoms with Crippen molar-refractivity contribution in [3.8, 4) is 0 Å². The van der Waals surface area contributed by atoms with Crippen LogP contribution in [0.25, 0.3) is 0 Å². The number of halogens is 1. The third-order valence-corrected chi connectivity index (χ3v) is 3.35. The van der Waals surface area contributed by atoms with Gasteiger partial charge < -0.3 is 10.5 Å². The van der Waals surface area contributed by atoms with Crippen LogP contribution in [0.1, 0.15) is 0 Å². The van der Waals surface area contributed by atoms with Gasteiger partial charge in [0, 0.05) is 10.6 Å². The molecule has 1 aromatic carbocycles. The van der Waals surface area contributed by atoms with Crippen molar-refractivity contribution in [3.63, 3.8) is 0 Å². The Morgan fingerprint density at radius 3 is 2.82 bits per heavy atom. The molecule has 0 aliphatic heterocycles. The highest BCUT2D eigenvalue weighted by Gasteiger charge is 2.11. The molecular weight excluding hydrogens is 264 g/mol. The molecule has 2 amide bonds. The van der Waals surface area contributed by atoms with Crippen LogP contribution in [0.5, 0.6) is 0 Å². The molecule has 0 fully saturated rings. The number of rotatable bonds is 3. The van der Waals surface area contributed by atoms with Crippen LogP contribution < -0.4 is 11.1 Å². The van der Waals surface area contributed by atoms with Crippen LogP contribution in [-0.2, 0) is 9.53 Å². The van der Waals surface area contributed by atoms with Crippen LogP contribution in [0, 0.1) is 0 Å². The summed E-state index contributed by atoms with van der Waals surface area (Å²) in [5, 5.41) is 2.51. The standard InChI is InChI=1S/C10H11ClN2O3S/c1-16-10(15)13-8(14)5-17-9-6(11)3-2-4-7(9)12/h2-4H,5,12H2,1H3,(H,13,14,15). The number of alkyl carbamates (subject to hydrolysis) is 1. The lowest BCUT2D eigenvalue weighted by molar-refractivity contribution is -0.117. The normalized spacial score (nSPS) is 9.76. The first-order valence-electron chi connectivity index (χ1n) is 4.59. The van der Waals surface area contributed by atoms with Gasteiger partial charge in [0.25, 0.3) is 0 Å². The van der Waals surface area contributed by atoms with Crippen LogP contribution in [0.15, 0.2) is 23.1 Å². The summed E-state index contributed by atoms with van der Waals surface area (Å²) in [5.41, 5.74) is 6.20. The first kappa shape index (κ1) is 13.7. The van der Waals surface area contributed by atoms with Gasteiger partial charge in [-0.2, -0.15) is 0 Å². The van der Waals surface area contributed by atoms with E-state index in [1.54, 1.807) is 18.2 Å². The Labute approximate surface area is 108 Å². The minimum atomic E-state index is -0.789. The summed E-state index contributed by atoms with van der Waals surface area (Å²) in [5.74, 6) is -0.440. The van der Waals surface area contributed by atoms with E-state index < -0.39 is 12.0 Å². The van der Waals surface area contributed by atoms with Gasteiger partial charge in [0.2, 0.25) is 5.91 Å². The number of ether oxygens (including phenoxy) is 1. The Balaban J connectivity index is 2.56. The average molecular weight is 275 g/mol. The third kappa shape index (κ3) is 4.16. The summed E-state index contributed by atoms with van der Waals surface area (Å²) in [6.07, 6.45) is -0.789. The molecule has 1 aromatic rings. The number of carbonyl (C=O) groups is 2. The molecule has 0 atom stereocenters. The Bertz CT molecular complexity index is 419. The lowest BCUT2D eigenvalue weighted by Gasteiger charge is -2.07. The Morgan fingerprint density at radius 2 is 2.24 bits per heavy atom.